The molecule has 0 bridgehead atoms. The number of benzene rings is 2. The normalized spacial score (nSPS) is 16.3. The van der Waals surface area contributed by atoms with Gasteiger partial charge in [-0.25, -0.2) is 4.98 Å². The van der Waals surface area contributed by atoms with Gasteiger partial charge in [-0.05, 0) is 36.4 Å². The second-order valence-corrected chi connectivity index (χ2v) is 6.67. The molecule has 1 aromatic heterocycles. The van der Waals surface area contributed by atoms with Crippen molar-refractivity contribution in [3.63, 3.8) is 0 Å². The second kappa shape index (κ2) is 6.22. The second-order valence-electron chi connectivity index (χ2n) is 5.81. The van der Waals surface area contributed by atoms with Crippen molar-refractivity contribution in [2.45, 2.75) is 6.17 Å². The first-order valence-corrected chi connectivity index (χ1v) is 8.78. The van der Waals surface area contributed by atoms with E-state index in [9.17, 15) is 4.79 Å². The van der Waals surface area contributed by atoms with Crippen LogP contribution in [0.4, 0.5) is 5.69 Å². The molecule has 0 spiro atoms. The molecule has 0 saturated heterocycles. The van der Waals surface area contributed by atoms with Crippen LogP contribution >= 0.6 is 11.3 Å². The Balaban J connectivity index is 1.65. The van der Waals surface area contributed by atoms with Gasteiger partial charge in [-0.3, -0.25) is 4.79 Å². The van der Waals surface area contributed by atoms with E-state index >= 15 is 0 Å². The summed E-state index contributed by atoms with van der Waals surface area (Å²) in [4.78, 5) is 19.2. The SMILES string of the molecule is COc1ccc(-c2nc([C@@H]3NC(=O)c4ccccc4N3C)cs2)cc1. The fourth-order valence-corrected chi connectivity index (χ4v) is 3.81. The first-order chi connectivity index (χ1) is 12.2. The third-order valence-electron chi connectivity index (χ3n) is 4.32. The lowest BCUT2D eigenvalue weighted by Gasteiger charge is -2.35. The van der Waals surface area contributed by atoms with Crippen LogP contribution in [0.5, 0.6) is 5.75 Å². The van der Waals surface area contributed by atoms with E-state index in [1.807, 2.05) is 65.9 Å². The van der Waals surface area contributed by atoms with E-state index < -0.39 is 0 Å². The van der Waals surface area contributed by atoms with Crippen molar-refractivity contribution in [2.24, 2.45) is 0 Å². The number of hydrogen-bond acceptors (Lipinski definition) is 5. The van der Waals surface area contributed by atoms with Gasteiger partial charge in [0.05, 0.1) is 24.1 Å². The van der Waals surface area contributed by atoms with Crippen LogP contribution in [0.15, 0.2) is 53.9 Å². The Labute approximate surface area is 149 Å². The number of aromatic nitrogens is 1. The smallest absolute Gasteiger partial charge is 0.255 e. The zero-order chi connectivity index (χ0) is 17.4. The summed E-state index contributed by atoms with van der Waals surface area (Å²) in [7, 11) is 3.62. The van der Waals surface area contributed by atoms with Crippen molar-refractivity contribution < 1.29 is 9.53 Å². The Bertz CT molecular complexity index is 920. The van der Waals surface area contributed by atoms with Crippen LogP contribution in [-0.2, 0) is 0 Å². The van der Waals surface area contributed by atoms with Crippen LogP contribution in [-0.4, -0.2) is 25.0 Å². The van der Waals surface area contributed by atoms with Crippen LogP contribution in [0.2, 0.25) is 0 Å². The maximum atomic E-state index is 12.4. The zero-order valence-electron chi connectivity index (χ0n) is 13.9. The number of thiazole rings is 1. The highest BCUT2D eigenvalue weighted by Crippen LogP contribution is 2.34. The quantitative estimate of drug-likeness (QED) is 0.782. The van der Waals surface area contributed by atoms with Gasteiger partial charge in [0.15, 0.2) is 0 Å². The zero-order valence-corrected chi connectivity index (χ0v) is 14.7. The lowest BCUT2D eigenvalue weighted by molar-refractivity contribution is 0.0927. The van der Waals surface area contributed by atoms with Crippen LogP contribution in [0.3, 0.4) is 0 Å². The molecule has 126 valence electrons. The molecule has 4 rings (SSSR count). The maximum Gasteiger partial charge on any atom is 0.255 e. The number of hydrogen-bond donors (Lipinski definition) is 1. The molecule has 1 N–H and O–H groups in total. The number of anilines is 1. The van der Waals surface area contributed by atoms with Gasteiger partial charge in [-0.1, -0.05) is 12.1 Å². The summed E-state index contributed by atoms with van der Waals surface area (Å²) in [6.07, 6.45) is -0.273. The molecular weight excluding hydrogens is 334 g/mol. The van der Waals surface area contributed by atoms with Gasteiger partial charge in [0.1, 0.15) is 16.9 Å². The molecule has 6 heteroatoms. The number of carbonyl (C=O) groups is 1. The van der Waals surface area contributed by atoms with Crippen LogP contribution < -0.4 is 15.0 Å². The number of para-hydroxylation sites is 1. The van der Waals surface area contributed by atoms with E-state index in [0.717, 1.165) is 27.7 Å². The van der Waals surface area contributed by atoms with Crippen LogP contribution in [0, 0.1) is 0 Å². The lowest BCUT2D eigenvalue weighted by Crippen LogP contribution is -2.44. The van der Waals surface area contributed by atoms with Gasteiger partial charge >= 0.3 is 0 Å². The summed E-state index contributed by atoms with van der Waals surface area (Å²) in [5, 5.41) is 5.94. The molecule has 2 aromatic carbocycles. The van der Waals surface area contributed by atoms with Crippen molar-refractivity contribution in [3.8, 4) is 16.3 Å². The molecule has 0 fully saturated rings. The van der Waals surface area contributed by atoms with E-state index in [4.69, 9.17) is 9.72 Å². The van der Waals surface area contributed by atoms with E-state index in [2.05, 4.69) is 5.32 Å². The third kappa shape index (κ3) is 2.74. The first kappa shape index (κ1) is 15.7. The molecule has 0 aliphatic carbocycles. The van der Waals surface area contributed by atoms with E-state index in [1.54, 1.807) is 18.4 Å². The molecule has 1 aliphatic rings. The maximum absolute atomic E-state index is 12.4. The van der Waals surface area contributed by atoms with E-state index in [-0.39, 0.29) is 12.1 Å². The summed E-state index contributed by atoms with van der Waals surface area (Å²) >= 11 is 1.56. The van der Waals surface area contributed by atoms with Gasteiger partial charge < -0.3 is 15.0 Å². The summed E-state index contributed by atoms with van der Waals surface area (Å²) in [5.41, 5.74) is 3.46. The van der Waals surface area contributed by atoms with Crippen LogP contribution in [0.25, 0.3) is 10.6 Å². The highest BCUT2D eigenvalue weighted by atomic mass is 32.1. The number of methoxy groups -OCH3 is 1. The van der Waals surface area contributed by atoms with Crippen molar-refractivity contribution in [3.05, 3.63) is 65.2 Å². The molecule has 0 saturated carbocycles. The Morgan fingerprint density at radius 1 is 1.16 bits per heavy atom. The largest absolute Gasteiger partial charge is 0.497 e. The molecule has 3 aromatic rings. The molecule has 0 radical (unpaired) electrons. The number of amides is 1. The molecule has 0 unspecified atom stereocenters. The average Bonchev–Trinajstić information content (AvgIpc) is 3.15. The summed E-state index contributed by atoms with van der Waals surface area (Å²) in [6.45, 7) is 0. The topological polar surface area (TPSA) is 54.5 Å². The lowest BCUT2D eigenvalue weighted by atomic mass is 10.1. The summed E-state index contributed by atoms with van der Waals surface area (Å²) < 4.78 is 5.19. The monoisotopic (exact) mass is 351 g/mol. The Morgan fingerprint density at radius 2 is 1.92 bits per heavy atom. The molecule has 2 heterocycles. The summed E-state index contributed by atoms with van der Waals surface area (Å²) in [5.74, 6) is 0.745. The highest BCUT2D eigenvalue weighted by Gasteiger charge is 2.30. The predicted octanol–water partition coefficient (Wildman–Crippen LogP) is 3.70. The minimum Gasteiger partial charge on any atom is -0.497 e. The number of nitrogens with zero attached hydrogens (tertiary/aromatic N) is 2. The first-order valence-electron chi connectivity index (χ1n) is 7.90. The highest BCUT2D eigenvalue weighted by molar-refractivity contribution is 7.13. The van der Waals surface area contributed by atoms with E-state index in [1.165, 1.54) is 0 Å². The molecule has 1 atom stereocenters. The van der Waals surface area contributed by atoms with E-state index in [0.29, 0.717) is 5.56 Å². The number of carbonyl (C=O) groups excluding carboxylic acids is 1. The minimum atomic E-state index is -0.273. The fourth-order valence-electron chi connectivity index (χ4n) is 2.96. The molecular formula is C19H17N3O2S. The van der Waals surface area contributed by atoms with Crippen molar-refractivity contribution in [2.75, 3.05) is 19.1 Å². The van der Waals surface area contributed by atoms with Gasteiger partial charge in [0.25, 0.3) is 5.91 Å². The Hall–Kier alpha value is -2.86. The Kier molecular flexibility index (Phi) is 3.89. The van der Waals surface area contributed by atoms with Gasteiger partial charge in [0.2, 0.25) is 0 Å². The van der Waals surface area contributed by atoms with Crippen molar-refractivity contribution in [1.82, 2.24) is 10.3 Å². The fraction of sp³-hybridized carbons (Fsp3) is 0.158. The number of nitrogens with one attached hydrogen (secondary N) is 1. The predicted molar refractivity (Wildman–Crippen MR) is 99.2 cm³/mol. The van der Waals surface area contributed by atoms with Gasteiger partial charge in [-0.2, -0.15) is 0 Å². The average molecular weight is 351 g/mol. The minimum absolute atomic E-state index is 0.0716. The molecule has 1 aliphatic heterocycles. The van der Waals surface area contributed by atoms with Crippen molar-refractivity contribution in [1.29, 1.82) is 0 Å². The van der Waals surface area contributed by atoms with Gasteiger partial charge in [-0.15, -0.1) is 11.3 Å². The standard InChI is InChI=1S/C19H17N3O2S/c1-22-16-6-4-3-5-14(16)18(23)21-17(22)15-11-25-19(20-15)12-7-9-13(24-2)10-8-12/h3-11,17H,1-2H3,(H,21,23)/t17-/m1/s1. The molecule has 1 amide bonds. The number of rotatable bonds is 3. The van der Waals surface area contributed by atoms with Crippen molar-refractivity contribution >= 4 is 22.9 Å². The third-order valence-corrected chi connectivity index (χ3v) is 5.23. The van der Waals surface area contributed by atoms with Gasteiger partial charge in [0, 0.05) is 18.0 Å². The number of fused-ring (bicyclic) bond motifs is 1. The molecule has 25 heavy (non-hydrogen) atoms. The molecule has 5 nitrogen and oxygen atoms in total. The summed E-state index contributed by atoms with van der Waals surface area (Å²) in [6, 6.07) is 15.4. The van der Waals surface area contributed by atoms with Crippen LogP contribution in [0.1, 0.15) is 22.2 Å². The number of ether oxygens (including phenoxy) is 1. The Morgan fingerprint density at radius 3 is 2.68 bits per heavy atom.